The highest BCUT2D eigenvalue weighted by molar-refractivity contribution is 5.74. The van der Waals surface area contributed by atoms with Gasteiger partial charge in [-0.15, -0.1) is 0 Å². The molecule has 7 nitrogen and oxygen atoms in total. The number of nitrogens with zero attached hydrogens (tertiary/aromatic N) is 4. The molecule has 102 valence electrons. The molecule has 0 N–H and O–H groups in total. The summed E-state index contributed by atoms with van der Waals surface area (Å²) in [5, 5.41) is 10.8. The molecule has 19 heavy (non-hydrogen) atoms. The lowest BCUT2D eigenvalue weighted by Gasteiger charge is -2.06. The van der Waals surface area contributed by atoms with Crippen LogP contribution in [0.3, 0.4) is 0 Å². The van der Waals surface area contributed by atoms with E-state index in [1.807, 2.05) is 27.7 Å². The maximum Gasteiger partial charge on any atom is 0.330 e. The molecule has 0 saturated heterocycles. The van der Waals surface area contributed by atoms with Gasteiger partial charge in [0.1, 0.15) is 6.20 Å². The highest BCUT2D eigenvalue weighted by atomic mass is 16.6. The van der Waals surface area contributed by atoms with Crippen LogP contribution >= 0.6 is 0 Å². The Morgan fingerprint density at radius 3 is 2.26 bits per heavy atom. The first-order chi connectivity index (χ1) is 8.84. The zero-order valence-electron chi connectivity index (χ0n) is 11.3. The number of hydrogen-bond donors (Lipinski definition) is 0. The lowest BCUT2D eigenvalue weighted by molar-refractivity contribution is -0.385. The van der Waals surface area contributed by atoms with Gasteiger partial charge in [-0.05, 0) is 27.7 Å². The Kier molecular flexibility index (Phi) is 3.13. The van der Waals surface area contributed by atoms with Crippen molar-refractivity contribution in [1.82, 2.24) is 14.1 Å². The monoisotopic (exact) mass is 264 g/mol. The lowest BCUT2D eigenvalue weighted by atomic mass is 10.3. The molecule has 0 amide bonds. The molecule has 2 heterocycles. The van der Waals surface area contributed by atoms with Crippen molar-refractivity contribution in [1.29, 1.82) is 0 Å². The number of rotatable bonds is 3. The fourth-order valence-electron chi connectivity index (χ4n) is 2.17. The molecule has 2 aromatic heterocycles. The van der Waals surface area contributed by atoms with Gasteiger partial charge >= 0.3 is 5.69 Å². The van der Waals surface area contributed by atoms with Crippen LogP contribution in [0.2, 0.25) is 0 Å². The van der Waals surface area contributed by atoms with Crippen molar-refractivity contribution in [2.45, 2.75) is 39.8 Å². The topological polar surface area (TPSA) is 83.0 Å². The van der Waals surface area contributed by atoms with E-state index in [4.69, 9.17) is 0 Å². The Hall–Kier alpha value is -2.18. The van der Waals surface area contributed by atoms with Crippen molar-refractivity contribution in [3.63, 3.8) is 0 Å². The third-order valence-electron chi connectivity index (χ3n) is 2.98. The third-order valence-corrected chi connectivity index (χ3v) is 2.98. The average Bonchev–Trinajstić information content (AvgIpc) is 2.59. The molecule has 0 radical (unpaired) electrons. The minimum absolute atomic E-state index is 0.0519. The minimum Gasteiger partial charge on any atom is -0.288 e. The Bertz CT molecular complexity index is 697. The number of aromatic nitrogens is 3. The van der Waals surface area contributed by atoms with Crippen LogP contribution in [0.4, 0.5) is 5.69 Å². The summed E-state index contributed by atoms with van der Waals surface area (Å²) in [5.41, 5.74) is 0.693. The van der Waals surface area contributed by atoms with Gasteiger partial charge in [-0.25, -0.2) is 9.78 Å². The van der Waals surface area contributed by atoms with Crippen LogP contribution < -0.4 is 5.69 Å². The van der Waals surface area contributed by atoms with Gasteiger partial charge in [0, 0.05) is 18.2 Å². The van der Waals surface area contributed by atoms with Crippen LogP contribution in [0.15, 0.2) is 17.1 Å². The van der Waals surface area contributed by atoms with Gasteiger partial charge in [0.15, 0.2) is 5.65 Å². The highest BCUT2D eigenvalue weighted by Crippen LogP contribution is 2.22. The van der Waals surface area contributed by atoms with E-state index in [1.165, 1.54) is 16.8 Å². The molecule has 2 aromatic rings. The number of pyridine rings is 1. The fraction of sp³-hybridized carbons (Fsp3) is 0.500. The van der Waals surface area contributed by atoms with E-state index >= 15 is 0 Å². The van der Waals surface area contributed by atoms with Gasteiger partial charge in [0.05, 0.1) is 10.4 Å². The van der Waals surface area contributed by atoms with Crippen molar-refractivity contribution in [3.8, 4) is 0 Å². The van der Waals surface area contributed by atoms with E-state index in [0.29, 0.717) is 11.2 Å². The molecule has 0 aromatic carbocycles. The molecule has 0 unspecified atom stereocenters. The standard InChI is InChI=1S/C12H16N4O3/c1-7(2)14-10-5-9(16(18)19)6-13-11(10)15(8(3)4)12(14)17/h5-8H,1-4H3. The second-order valence-corrected chi connectivity index (χ2v) is 5.00. The van der Waals surface area contributed by atoms with E-state index in [1.54, 1.807) is 4.57 Å². The van der Waals surface area contributed by atoms with E-state index in [2.05, 4.69) is 4.98 Å². The van der Waals surface area contributed by atoms with Gasteiger partial charge in [-0.3, -0.25) is 19.2 Å². The van der Waals surface area contributed by atoms with Crippen molar-refractivity contribution < 1.29 is 4.92 Å². The van der Waals surface area contributed by atoms with E-state index in [-0.39, 0.29) is 23.5 Å². The van der Waals surface area contributed by atoms with Crippen LogP contribution in [0, 0.1) is 10.1 Å². The molecule has 0 bridgehead atoms. The lowest BCUT2D eigenvalue weighted by Crippen LogP contribution is -2.26. The third kappa shape index (κ3) is 2.00. The van der Waals surface area contributed by atoms with Crippen LogP contribution in [0.25, 0.3) is 11.2 Å². The molecule has 2 rings (SSSR count). The zero-order valence-corrected chi connectivity index (χ0v) is 11.3. The molecular weight excluding hydrogens is 248 g/mol. The number of nitro groups is 1. The van der Waals surface area contributed by atoms with Gasteiger partial charge in [-0.1, -0.05) is 0 Å². The van der Waals surface area contributed by atoms with Gasteiger partial charge in [0.25, 0.3) is 5.69 Å². The van der Waals surface area contributed by atoms with E-state index in [0.717, 1.165) is 0 Å². The summed E-state index contributed by atoms with van der Waals surface area (Å²) >= 11 is 0. The molecular formula is C12H16N4O3. The maximum absolute atomic E-state index is 12.4. The Balaban J connectivity index is 2.90. The van der Waals surface area contributed by atoms with Gasteiger partial charge < -0.3 is 0 Å². The van der Waals surface area contributed by atoms with Crippen LogP contribution in [0.5, 0.6) is 0 Å². The smallest absolute Gasteiger partial charge is 0.288 e. The first-order valence-corrected chi connectivity index (χ1v) is 6.11. The summed E-state index contributed by atoms with van der Waals surface area (Å²) in [5.74, 6) is 0. The number of fused-ring (bicyclic) bond motifs is 1. The van der Waals surface area contributed by atoms with Crippen LogP contribution in [0.1, 0.15) is 39.8 Å². The van der Waals surface area contributed by atoms with Crippen molar-refractivity contribution >= 4 is 16.9 Å². The van der Waals surface area contributed by atoms with E-state index < -0.39 is 4.92 Å². The predicted octanol–water partition coefficient (Wildman–Crippen LogP) is 2.27. The summed E-state index contributed by atoms with van der Waals surface area (Å²) < 4.78 is 3.09. The largest absolute Gasteiger partial charge is 0.330 e. The summed E-state index contributed by atoms with van der Waals surface area (Å²) in [6.07, 6.45) is 1.19. The maximum atomic E-state index is 12.4. The van der Waals surface area contributed by atoms with Crippen molar-refractivity contribution in [2.24, 2.45) is 0 Å². The molecule has 0 spiro atoms. The summed E-state index contributed by atoms with van der Waals surface area (Å²) in [4.78, 5) is 26.8. The number of hydrogen-bond acceptors (Lipinski definition) is 4. The Morgan fingerprint density at radius 2 is 1.79 bits per heavy atom. The molecule has 7 heteroatoms. The molecule has 0 aliphatic rings. The van der Waals surface area contributed by atoms with Gasteiger partial charge in [-0.2, -0.15) is 0 Å². The van der Waals surface area contributed by atoms with Crippen molar-refractivity contribution in [3.05, 3.63) is 32.9 Å². The second-order valence-electron chi connectivity index (χ2n) is 5.00. The molecule has 0 fully saturated rings. The quantitative estimate of drug-likeness (QED) is 0.628. The predicted molar refractivity (Wildman–Crippen MR) is 71.4 cm³/mol. The van der Waals surface area contributed by atoms with E-state index in [9.17, 15) is 14.9 Å². The normalized spacial score (nSPS) is 11.7. The molecule has 0 atom stereocenters. The SMILES string of the molecule is CC(C)n1c(=O)n(C(C)C)c2ncc([N+](=O)[O-])cc21. The summed E-state index contributed by atoms with van der Waals surface area (Å²) in [6.45, 7) is 7.50. The molecule has 0 aliphatic heterocycles. The van der Waals surface area contributed by atoms with Crippen LogP contribution in [-0.4, -0.2) is 19.0 Å². The van der Waals surface area contributed by atoms with Crippen molar-refractivity contribution in [2.75, 3.05) is 0 Å². The first kappa shape index (κ1) is 13.3. The Morgan fingerprint density at radius 1 is 1.21 bits per heavy atom. The Labute approximate surface area is 109 Å². The molecule has 0 saturated carbocycles. The zero-order chi connectivity index (χ0) is 14.3. The molecule has 0 aliphatic carbocycles. The summed E-state index contributed by atoms with van der Waals surface area (Å²) in [6, 6.07) is 1.27. The number of imidazole rings is 1. The fourth-order valence-corrected chi connectivity index (χ4v) is 2.17. The first-order valence-electron chi connectivity index (χ1n) is 6.11. The highest BCUT2D eigenvalue weighted by Gasteiger charge is 2.20. The van der Waals surface area contributed by atoms with Gasteiger partial charge in [0.2, 0.25) is 0 Å². The minimum atomic E-state index is -0.506. The second kappa shape index (κ2) is 4.49. The average molecular weight is 264 g/mol. The summed E-state index contributed by atoms with van der Waals surface area (Å²) in [7, 11) is 0. The van der Waals surface area contributed by atoms with Crippen LogP contribution in [-0.2, 0) is 0 Å².